The van der Waals surface area contributed by atoms with Crippen LogP contribution in [0, 0.1) is 11.8 Å². The van der Waals surface area contributed by atoms with Crippen molar-refractivity contribution in [3.63, 3.8) is 0 Å². The molecule has 3 nitrogen and oxygen atoms in total. The minimum atomic E-state index is -1.84. The van der Waals surface area contributed by atoms with Gasteiger partial charge < -0.3 is 33.6 Å². The van der Waals surface area contributed by atoms with Gasteiger partial charge >= 0.3 is 6.09 Å². The van der Waals surface area contributed by atoms with Crippen molar-refractivity contribution in [2.45, 2.75) is 46.1 Å². The van der Waals surface area contributed by atoms with Gasteiger partial charge in [-0.15, -0.1) is 0 Å². The van der Waals surface area contributed by atoms with Crippen molar-refractivity contribution in [3.05, 3.63) is 91.0 Å². The zero-order valence-electron chi connectivity index (χ0n) is 21.9. The molecule has 1 atom stereocenters. The Hall–Kier alpha value is -1.91. The van der Waals surface area contributed by atoms with Gasteiger partial charge in [0.2, 0.25) is 0 Å². The predicted octanol–water partition coefficient (Wildman–Crippen LogP) is 3.27. The van der Waals surface area contributed by atoms with Gasteiger partial charge in [0, 0.05) is 13.1 Å². The van der Waals surface area contributed by atoms with Crippen LogP contribution in [-0.2, 0) is 4.74 Å². The lowest BCUT2D eigenvalue weighted by molar-refractivity contribution is -0.0000658. The highest BCUT2D eigenvalue weighted by Crippen LogP contribution is 2.57. The minimum Gasteiger partial charge on any atom is -1.00 e. The maximum Gasteiger partial charge on any atom is 0.410 e. The molecule has 1 fully saturated rings. The maximum atomic E-state index is 12.6. The molecule has 1 amide bonds. The number of ether oxygens (including phenoxy) is 1. The predicted molar refractivity (Wildman–Crippen MR) is 150 cm³/mol. The van der Waals surface area contributed by atoms with Crippen LogP contribution in [0.5, 0.6) is 0 Å². The van der Waals surface area contributed by atoms with E-state index in [-0.39, 0.29) is 30.1 Å². The highest BCUT2D eigenvalue weighted by Gasteiger charge is 2.47. The normalized spacial score (nSPS) is 15.6. The monoisotopic (exact) mass is 615 g/mol. The number of rotatable bonds is 6. The Morgan fingerprint density at radius 3 is 1.58 bits per heavy atom. The van der Waals surface area contributed by atoms with Gasteiger partial charge in [-0.3, -0.25) is 0 Å². The van der Waals surface area contributed by atoms with Crippen molar-refractivity contribution in [3.8, 4) is 0 Å². The summed E-state index contributed by atoms with van der Waals surface area (Å²) >= 11 is 0. The number of likely N-dealkylation sites (tertiary alicyclic amines) is 1. The van der Waals surface area contributed by atoms with E-state index in [0.717, 1.165) is 32.1 Å². The Balaban J connectivity index is 0.00000361. The summed E-state index contributed by atoms with van der Waals surface area (Å²) in [6.07, 6.45) is 3.00. The second-order valence-electron chi connectivity index (χ2n) is 10.8. The summed E-state index contributed by atoms with van der Waals surface area (Å²) in [5.74, 6) is 1.12. The molecule has 0 bridgehead atoms. The second-order valence-corrected chi connectivity index (χ2v) is 14.3. The second kappa shape index (κ2) is 12.6. The first-order chi connectivity index (χ1) is 16.8. The highest BCUT2D eigenvalue weighted by atomic mass is 127. The van der Waals surface area contributed by atoms with Crippen LogP contribution in [0.4, 0.5) is 4.79 Å². The molecule has 0 aliphatic carbocycles. The van der Waals surface area contributed by atoms with Gasteiger partial charge in [0.15, 0.2) is 0 Å². The molecule has 1 saturated heterocycles. The van der Waals surface area contributed by atoms with E-state index in [1.165, 1.54) is 15.9 Å². The van der Waals surface area contributed by atoms with Crippen molar-refractivity contribution < 1.29 is 33.5 Å². The van der Waals surface area contributed by atoms with Gasteiger partial charge in [-0.1, -0.05) is 61.5 Å². The van der Waals surface area contributed by atoms with Gasteiger partial charge in [0.1, 0.15) is 28.8 Å². The fraction of sp³-hybridized carbons (Fsp3) is 0.387. The van der Waals surface area contributed by atoms with Crippen LogP contribution in [0.3, 0.4) is 0 Å². The van der Waals surface area contributed by atoms with Crippen LogP contribution in [0.25, 0.3) is 0 Å². The molecule has 0 aromatic heterocycles. The summed E-state index contributed by atoms with van der Waals surface area (Å²) < 4.78 is 5.62. The summed E-state index contributed by atoms with van der Waals surface area (Å²) in [7, 11) is -1.84. The molecule has 3 aromatic carbocycles. The van der Waals surface area contributed by atoms with Crippen LogP contribution < -0.4 is 39.9 Å². The van der Waals surface area contributed by atoms with E-state index in [9.17, 15) is 4.79 Å². The van der Waals surface area contributed by atoms with Gasteiger partial charge in [-0.05, 0) is 81.8 Å². The molecule has 0 N–H and O–H groups in total. The number of hydrogen-bond acceptors (Lipinski definition) is 2. The number of carbonyl (C=O) groups is 1. The van der Waals surface area contributed by atoms with E-state index in [1.807, 2.05) is 25.7 Å². The molecule has 0 unspecified atom stereocenters. The number of amides is 1. The zero-order chi connectivity index (χ0) is 24.9. The lowest BCUT2D eigenvalue weighted by atomic mass is 9.87. The highest BCUT2D eigenvalue weighted by molar-refractivity contribution is 7.95. The fourth-order valence-electron chi connectivity index (χ4n) is 5.37. The van der Waals surface area contributed by atoms with Crippen molar-refractivity contribution in [2.24, 2.45) is 11.8 Å². The first-order valence-electron chi connectivity index (χ1n) is 12.8. The fourth-order valence-corrected chi connectivity index (χ4v) is 10.1. The van der Waals surface area contributed by atoms with Crippen LogP contribution in [-0.4, -0.2) is 35.8 Å². The maximum absolute atomic E-state index is 12.6. The third-order valence-corrected chi connectivity index (χ3v) is 11.8. The summed E-state index contributed by atoms with van der Waals surface area (Å²) in [5.41, 5.74) is -0.452. The lowest BCUT2D eigenvalue weighted by Gasteiger charge is -2.37. The average molecular weight is 616 g/mol. The van der Waals surface area contributed by atoms with Crippen LogP contribution >= 0.6 is 7.26 Å². The van der Waals surface area contributed by atoms with E-state index >= 15 is 0 Å². The number of piperidine rings is 1. The first-order valence-corrected chi connectivity index (χ1v) is 14.8. The van der Waals surface area contributed by atoms with Crippen molar-refractivity contribution >= 4 is 29.3 Å². The largest absolute Gasteiger partial charge is 1.00 e. The number of hydrogen-bond donors (Lipinski definition) is 0. The molecule has 0 saturated carbocycles. The third-order valence-electron chi connectivity index (χ3n) is 7.15. The van der Waals surface area contributed by atoms with Crippen molar-refractivity contribution in [1.82, 2.24) is 4.90 Å². The van der Waals surface area contributed by atoms with Gasteiger partial charge in [-0.2, -0.15) is 0 Å². The molecule has 1 heterocycles. The quantitative estimate of drug-likeness (QED) is 0.315. The van der Waals surface area contributed by atoms with Crippen molar-refractivity contribution in [1.29, 1.82) is 0 Å². The van der Waals surface area contributed by atoms with Crippen LogP contribution in [0.2, 0.25) is 0 Å². The topological polar surface area (TPSA) is 29.5 Å². The molecule has 3 aromatic rings. The standard InChI is InChI=1S/C31H39NO2P.HI/c1-25(26-20-22-32(23-21-26)30(33)34-31(2,3)4)24-35(27-14-8-5-9-15-27,28-16-10-6-11-17-28)29-18-12-7-13-19-29;/h5-19,25-26H,20-24H2,1-4H3;1H/q+1;/p-1/t25-;/m1./s1. The Labute approximate surface area is 235 Å². The minimum absolute atomic E-state index is 0. The molecule has 4 rings (SSSR count). The summed E-state index contributed by atoms with van der Waals surface area (Å²) in [5, 5.41) is 4.32. The summed E-state index contributed by atoms with van der Waals surface area (Å²) in [4.78, 5) is 14.5. The SMILES string of the molecule is C[C@H](C[P+](c1ccccc1)(c1ccccc1)c1ccccc1)C1CCN(C(=O)OC(C)(C)C)CC1.[I-]. The molecule has 1 aliphatic rings. The number of benzene rings is 3. The molecule has 0 radical (unpaired) electrons. The zero-order valence-corrected chi connectivity index (χ0v) is 25.0. The Morgan fingerprint density at radius 1 is 0.833 bits per heavy atom. The van der Waals surface area contributed by atoms with Crippen LogP contribution in [0.1, 0.15) is 40.5 Å². The van der Waals surface area contributed by atoms with Gasteiger partial charge in [0.05, 0.1) is 6.16 Å². The summed E-state index contributed by atoms with van der Waals surface area (Å²) in [6, 6.07) is 33.4. The first kappa shape index (κ1) is 28.7. The van der Waals surface area contributed by atoms with E-state index < -0.39 is 12.9 Å². The van der Waals surface area contributed by atoms with Gasteiger partial charge in [0.25, 0.3) is 0 Å². The van der Waals surface area contributed by atoms with Crippen molar-refractivity contribution in [2.75, 3.05) is 19.3 Å². The molecule has 192 valence electrons. The molecular weight excluding hydrogens is 576 g/mol. The molecule has 0 spiro atoms. The van der Waals surface area contributed by atoms with E-state index in [4.69, 9.17) is 4.74 Å². The molecule has 36 heavy (non-hydrogen) atoms. The Kier molecular flexibility index (Phi) is 10.00. The average Bonchev–Trinajstić information content (AvgIpc) is 2.88. The number of halogens is 1. The Bertz CT molecular complexity index is 981. The van der Waals surface area contributed by atoms with Gasteiger partial charge in [-0.25, -0.2) is 4.79 Å². The smallest absolute Gasteiger partial charge is 0.410 e. The van der Waals surface area contributed by atoms with E-state index in [0.29, 0.717) is 11.8 Å². The van der Waals surface area contributed by atoms with Crippen LogP contribution in [0.15, 0.2) is 91.0 Å². The molecule has 1 aliphatic heterocycles. The summed E-state index contributed by atoms with van der Waals surface area (Å²) in [6.45, 7) is 9.77. The third kappa shape index (κ3) is 6.69. The number of carbonyl (C=O) groups excluding carboxylic acids is 1. The Morgan fingerprint density at radius 2 is 1.22 bits per heavy atom. The lowest BCUT2D eigenvalue weighted by Crippen LogP contribution is -3.00. The molecular formula is C31H39INO2P. The molecule has 5 heteroatoms. The number of nitrogens with zero attached hydrogens (tertiary/aromatic N) is 1. The van der Waals surface area contributed by atoms with E-state index in [1.54, 1.807) is 0 Å². The van der Waals surface area contributed by atoms with E-state index in [2.05, 4.69) is 97.9 Å².